The average Bonchev–Trinajstić information content (AvgIpc) is 3.11. The summed E-state index contributed by atoms with van der Waals surface area (Å²) >= 11 is 0. The predicted molar refractivity (Wildman–Crippen MR) is 183 cm³/mol. The number of nitrogens with one attached hydrogen (secondary N) is 2. The maximum Gasteiger partial charge on any atom is 0.323 e. The van der Waals surface area contributed by atoms with Gasteiger partial charge in [-0.2, -0.15) is 0 Å². The van der Waals surface area contributed by atoms with Crippen molar-refractivity contribution in [3.63, 3.8) is 0 Å². The molecular formula is C39H37N3O5. The summed E-state index contributed by atoms with van der Waals surface area (Å²) < 4.78 is 11.8. The number of rotatable bonds is 13. The average molecular weight is 628 g/mol. The van der Waals surface area contributed by atoms with Crippen LogP contribution in [0.5, 0.6) is 5.75 Å². The third-order valence-electron chi connectivity index (χ3n) is 7.34. The molecule has 5 aromatic rings. The zero-order valence-corrected chi connectivity index (χ0v) is 26.2. The molecule has 5 aromatic carbocycles. The molecule has 0 spiro atoms. The maximum atomic E-state index is 14.5. The number of hydrogen-bond donors (Lipinski definition) is 2. The normalized spacial score (nSPS) is 10.6. The number of urea groups is 1. The molecule has 0 aliphatic heterocycles. The van der Waals surface area contributed by atoms with Crippen LogP contribution in [0.2, 0.25) is 0 Å². The van der Waals surface area contributed by atoms with Crippen molar-refractivity contribution in [3.05, 3.63) is 162 Å². The number of nitrogens with zero attached hydrogens (tertiary/aromatic N) is 1. The van der Waals surface area contributed by atoms with Gasteiger partial charge in [0.1, 0.15) is 11.9 Å². The Morgan fingerprint density at radius 2 is 1.23 bits per heavy atom. The number of carbonyl (C=O) groups excluding carboxylic acids is 3. The highest BCUT2D eigenvalue weighted by molar-refractivity contribution is 6.02. The van der Waals surface area contributed by atoms with Crippen molar-refractivity contribution in [2.24, 2.45) is 0 Å². The number of hydrogen-bond acceptors (Lipinski definition) is 5. The number of esters is 1. The molecule has 0 unspecified atom stereocenters. The molecule has 8 heteroatoms. The summed E-state index contributed by atoms with van der Waals surface area (Å²) in [7, 11) is 0. The van der Waals surface area contributed by atoms with Gasteiger partial charge in [0.05, 0.1) is 18.6 Å². The Hall–Kier alpha value is -5.89. The highest BCUT2D eigenvalue weighted by Gasteiger charge is 2.25. The van der Waals surface area contributed by atoms with Gasteiger partial charge < -0.3 is 25.0 Å². The van der Waals surface area contributed by atoms with Gasteiger partial charge in [0.15, 0.2) is 0 Å². The van der Waals surface area contributed by atoms with E-state index in [1.807, 2.05) is 109 Å². The minimum Gasteiger partial charge on any atom is -0.480 e. The predicted octanol–water partition coefficient (Wildman–Crippen LogP) is 8.09. The summed E-state index contributed by atoms with van der Waals surface area (Å²) in [5, 5.41) is 5.64. The van der Waals surface area contributed by atoms with E-state index in [2.05, 4.69) is 10.6 Å². The van der Waals surface area contributed by atoms with E-state index in [0.29, 0.717) is 17.1 Å². The van der Waals surface area contributed by atoms with Crippen LogP contribution in [-0.2, 0) is 16.1 Å². The van der Waals surface area contributed by atoms with Crippen molar-refractivity contribution < 1.29 is 23.9 Å². The number of ether oxygens (including phenoxy) is 2. The van der Waals surface area contributed by atoms with Gasteiger partial charge in [0.25, 0.3) is 5.91 Å². The van der Waals surface area contributed by atoms with Crippen LogP contribution in [0.1, 0.15) is 46.5 Å². The molecule has 0 bridgehead atoms. The Balaban J connectivity index is 1.52. The number of amides is 3. The van der Waals surface area contributed by atoms with Gasteiger partial charge in [-0.25, -0.2) is 4.79 Å². The second-order valence-electron chi connectivity index (χ2n) is 10.7. The zero-order valence-electron chi connectivity index (χ0n) is 26.2. The first kappa shape index (κ1) is 32.5. The summed E-state index contributed by atoms with van der Waals surface area (Å²) in [6, 6.07) is 42.7. The summed E-state index contributed by atoms with van der Waals surface area (Å²) in [5.41, 5.74) is 3.97. The smallest absolute Gasteiger partial charge is 0.323 e. The second-order valence-corrected chi connectivity index (χ2v) is 10.7. The molecule has 0 atom stereocenters. The Labute approximate surface area is 275 Å². The van der Waals surface area contributed by atoms with E-state index in [1.54, 1.807) is 42.2 Å². The Morgan fingerprint density at radius 3 is 1.83 bits per heavy atom. The molecule has 0 heterocycles. The molecule has 0 aromatic heterocycles. The van der Waals surface area contributed by atoms with E-state index >= 15 is 0 Å². The van der Waals surface area contributed by atoms with Gasteiger partial charge in [-0.1, -0.05) is 109 Å². The molecule has 2 N–H and O–H groups in total. The summed E-state index contributed by atoms with van der Waals surface area (Å²) in [4.78, 5) is 41.4. The molecule has 8 nitrogen and oxygen atoms in total. The van der Waals surface area contributed by atoms with Crippen molar-refractivity contribution in [2.45, 2.75) is 26.0 Å². The molecule has 238 valence electrons. The number of para-hydroxylation sites is 1. The van der Waals surface area contributed by atoms with Crippen LogP contribution in [0.4, 0.5) is 16.2 Å². The molecule has 47 heavy (non-hydrogen) atoms. The Bertz CT molecular complexity index is 1710. The fourth-order valence-electron chi connectivity index (χ4n) is 5.09. The minimum absolute atomic E-state index is 0.0245. The van der Waals surface area contributed by atoms with Crippen LogP contribution < -0.4 is 15.4 Å². The molecule has 0 aliphatic carbocycles. The first-order valence-corrected chi connectivity index (χ1v) is 15.5. The van der Waals surface area contributed by atoms with Crippen LogP contribution in [0, 0.1) is 0 Å². The first-order valence-electron chi connectivity index (χ1n) is 15.5. The monoisotopic (exact) mass is 627 g/mol. The maximum absolute atomic E-state index is 14.5. The van der Waals surface area contributed by atoms with E-state index in [1.165, 1.54) is 0 Å². The lowest BCUT2D eigenvalue weighted by Gasteiger charge is -2.26. The standard InChI is InChI=1S/C39H37N3O5/c1-2-46-36(43)25-26-42(28-29-15-7-3-8-16-29)38(44)34-27-33(41-39(45)40-32-21-13-6-14-22-32)23-24-35(34)47-37(30-17-9-4-10-18-30)31-19-11-5-12-20-31/h3-24,27,37H,2,25-26,28H2,1H3,(H2,40,41,45). The van der Waals surface area contributed by atoms with Crippen LogP contribution in [0.3, 0.4) is 0 Å². The van der Waals surface area contributed by atoms with Crippen LogP contribution in [0.15, 0.2) is 140 Å². The van der Waals surface area contributed by atoms with E-state index in [-0.39, 0.29) is 37.6 Å². The fourth-order valence-corrected chi connectivity index (χ4v) is 5.09. The Kier molecular flexibility index (Phi) is 11.4. The summed E-state index contributed by atoms with van der Waals surface area (Å²) in [5.74, 6) is -0.424. The highest BCUT2D eigenvalue weighted by Crippen LogP contribution is 2.33. The molecule has 0 fully saturated rings. The van der Waals surface area contributed by atoms with Crippen LogP contribution >= 0.6 is 0 Å². The van der Waals surface area contributed by atoms with Crippen molar-refractivity contribution in [3.8, 4) is 5.75 Å². The van der Waals surface area contributed by atoms with Crippen LogP contribution in [0.25, 0.3) is 0 Å². The van der Waals surface area contributed by atoms with Gasteiger partial charge in [-0.3, -0.25) is 9.59 Å². The molecule has 0 saturated heterocycles. The quantitative estimate of drug-likeness (QED) is 0.129. The molecule has 5 rings (SSSR count). The van der Waals surface area contributed by atoms with Gasteiger partial charge in [-0.15, -0.1) is 0 Å². The molecule has 0 aliphatic rings. The van der Waals surface area contributed by atoms with E-state index in [4.69, 9.17) is 9.47 Å². The van der Waals surface area contributed by atoms with E-state index in [9.17, 15) is 14.4 Å². The molecule has 0 saturated carbocycles. The molecule has 3 amide bonds. The lowest BCUT2D eigenvalue weighted by Crippen LogP contribution is -2.33. The largest absolute Gasteiger partial charge is 0.480 e. The van der Waals surface area contributed by atoms with Crippen LogP contribution in [-0.4, -0.2) is 36.0 Å². The zero-order chi connectivity index (χ0) is 32.8. The van der Waals surface area contributed by atoms with Gasteiger partial charge in [0.2, 0.25) is 0 Å². The van der Waals surface area contributed by atoms with Crippen molar-refractivity contribution in [1.82, 2.24) is 4.90 Å². The van der Waals surface area contributed by atoms with E-state index < -0.39 is 18.1 Å². The van der Waals surface area contributed by atoms with Gasteiger partial charge in [0, 0.05) is 24.5 Å². The third-order valence-corrected chi connectivity index (χ3v) is 7.34. The lowest BCUT2D eigenvalue weighted by atomic mass is 10.0. The van der Waals surface area contributed by atoms with Gasteiger partial charge >= 0.3 is 12.0 Å². The van der Waals surface area contributed by atoms with Gasteiger partial charge in [-0.05, 0) is 53.9 Å². The number of benzene rings is 5. The fraction of sp³-hybridized carbons (Fsp3) is 0.154. The van der Waals surface area contributed by atoms with Crippen molar-refractivity contribution >= 4 is 29.3 Å². The van der Waals surface area contributed by atoms with Crippen molar-refractivity contribution in [2.75, 3.05) is 23.8 Å². The molecule has 0 radical (unpaired) electrons. The van der Waals surface area contributed by atoms with E-state index in [0.717, 1.165) is 16.7 Å². The lowest BCUT2D eigenvalue weighted by molar-refractivity contribution is -0.143. The summed E-state index contributed by atoms with van der Waals surface area (Å²) in [6.07, 6.45) is -0.498. The Morgan fingerprint density at radius 1 is 0.681 bits per heavy atom. The van der Waals surface area contributed by atoms with Crippen molar-refractivity contribution in [1.29, 1.82) is 0 Å². The SMILES string of the molecule is CCOC(=O)CCN(Cc1ccccc1)C(=O)c1cc(NC(=O)Nc2ccccc2)ccc1OC(c1ccccc1)c1ccccc1. The number of anilines is 2. The topological polar surface area (TPSA) is 97.0 Å². The third kappa shape index (κ3) is 9.31. The minimum atomic E-state index is -0.522. The highest BCUT2D eigenvalue weighted by atomic mass is 16.5. The summed E-state index contributed by atoms with van der Waals surface area (Å²) in [6.45, 7) is 2.38. The number of carbonyl (C=O) groups is 3. The second kappa shape index (κ2) is 16.4. The molecular weight excluding hydrogens is 590 g/mol. The first-order chi connectivity index (χ1) is 23.0.